The third-order valence-corrected chi connectivity index (χ3v) is 5.50. The van der Waals surface area contributed by atoms with Crippen molar-refractivity contribution in [3.63, 3.8) is 0 Å². The van der Waals surface area contributed by atoms with Gasteiger partial charge in [0.2, 0.25) is 11.8 Å². The summed E-state index contributed by atoms with van der Waals surface area (Å²) >= 11 is 2.95. The fourth-order valence-electron chi connectivity index (χ4n) is 1.98. The third-order valence-electron chi connectivity index (χ3n) is 3.41. The summed E-state index contributed by atoms with van der Waals surface area (Å²) in [6.45, 7) is 6.22. The molecule has 0 spiro atoms. The molecule has 2 aromatic heterocycles. The lowest BCUT2D eigenvalue weighted by atomic mass is 9.94. The number of unbranched alkanes of at least 4 members (excludes halogenated alkanes) is 1. The van der Waals surface area contributed by atoms with E-state index in [-0.39, 0.29) is 17.7 Å². The minimum atomic E-state index is -0.840. The number of nitrogens with one attached hydrogen (secondary N) is 1. The molecule has 0 fully saturated rings. The number of carbonyl (C=O) groups is 2. The van der Waals surface area contributed by atoms with E-state index in [4.69, 9.17) is 9.52 Å². The van der Waals surface area contributed by atoms with Gasteiger partial charge in [-0.05, 0) is 12.8 Å². The van der Waals surface area contributed by atoms with Gasteiger partial charge in [0, 0.05) is 18.3 Å². The lowest BCUT2D eigenvalue weighted by molar-refractivity contribution is -0.137. The molecule has 0 saturated carbocycles. The summed E-state index contributed by atoms with van der Waals surface area (Å²) in [4.78, 5) is 30.7. The van der Waals surface area contributed by atoms with Crippen molar-refractivity contribution in [3.8, 4) is 0 Å². The Hall–Kier alpha value is -1.87. The van der Waals surface area contributed by atoms with Crippen LogP contribution in [0.15, 0.2) is 21.0 Å². The summed E-state index contributed by atoms with van der Waals surface area (Å²) < 4.78 is 6.71. The first kappa shape index (κ1) is 20.4. The predicted octanol–water partition coefficient (Wildman–Crippen LogP) is 4.30. The summed E-state index contributed by atoms with van der Waals surface area (Å²) in [7, 11) is 0. The first-order valence-electron chi connectivity index (χ1n) is 8.29. The van der Waals surface area contributed by atoms with Gasteiger partial charge in [-0.3, -0.25) is 9.59 Å². The van der Waals surface area contributed by atoms with Crippen LogP contribution in [0, 0.1) is 0 Å². The minimum absolute atomic E-state index is 0.0671. The van der Waals surface area contributed by atoms with Gasteiger partial charge in [-0.15, -0.1) is 11.8 Å². The van der Waals surface area contributed by atoms with Crippen molar-refractivity contribution >= 4 is 40.1 Å². The number of anilines is 1. The molecule has 2 aromatic rings. The lowest BCUT2D eigenvalue weighted by Crippen LogP contribution is -2.10. The molecule has 2 heterocycles. The molecule has 26 heavy (non-hydrogen) atoms. The smallest absolute Gasteiger partial charge is 0.303 e. The van der Waals surface area contributed by atoms with Crippen molar-refractivity contribution in [3.05, 3.63) is 24.0 Å². The van der Waals surface area contributed by atoms with E-state index < -0.39 is 5.97 Å². The van der Waals surface area contributed by atoms with Gasteiger partial charge in [0.25, 0.3) is 0 Å². The van der Waals surface area contributed by atoms with Crippen LogP contribution < -0.4 is 5.32 Å². The van der Waals surface area contributed by atoms with Crippen molar-refractivity contribution in [1.29, 1.82) is 0 Å². The Bertz CT molecular complexity index is 749. The van der Waals surface area contributed by atoms with Crippen molar-refractivity contribution in [2.45, 2.75) is 61.8 Å². The number of carbonyl (C=O) groups excluding carboxylic acids is 1. The van der Waals surface area contributed by atoms with E-state index in [2.05, 4.69) is 36.1 Å². The van der Waals surface area contributed by atoms with Crippen molar-refractivity contribution in [1.82, 2.24) is 9.97 Å². The topological polar surface area (TPSA) is 105 Å². The number of rotatable bonds is 9. The second-order valence-electron chi connectivity index (χ2n) is 6.79. The zero-order valence-corrected chi connectivity index (χ0v) is 16.7. The average molecular weight is 398 g/mol. The summed E-state index contributed by atoms with van der Waals surface area (Å²) in [6, 6.07) is 0. The molecule has 0 radical (unpaired) electrons. The molecule has 0 aliphatic carbocycles. The Morgan fingerprint density at radius 1 is 1.23 bits per heavy atom. The number of aromatic nitrogens is 2. The highest BCUT2D eigenvalue weighted by Crippen LogP contribution is 2.31. The van der Waals surface area contributed by atoms with Crippen LogP contribution in [-0.2, 0) is 20.8 Å². The van der Waals surface area contributed by atoms with Crippen molar-refractivity contribution in [2.24, 2.45) is 0 Å². The second kappa shape index (κ2) is 9.18. The summed E-state index contributed by atoms with van der Waals surface area (Å²) in [5.41, 5.74) is -0.0671. The lowest BCUT2D eigenvalue weighted by Gasteiger charge is -2.12. The number of thiazole rings is 1. The average Bonchev–Trinajstić information content (AvgIpc) is 3.18. The number of oxazole rings is 1. The molecule has 0 aromatic carbocycles. The molecule has 2 rings (SSSR count). The monoisotopic (exact) mass is 397 g/mol. The number of aliphatic carboxylic acids is 1. The van der Waals surface area contributed by atoms with Gasteiger partial charge in [0.1, 0.15) is 5.76 Å². The van der Waals surface area contributed by atoms with Crippen LogP contribution in [0.25, 0.3) is 0 Å². The molecule has 0 aliphatic rings. The van der Waals surface area contributed by atoms with Gasteiger partial charge in [-0.25, -0.2) is 9.97 Å². The number of thioether (sulfide) groups is 1. The van der Waals surface area contributed by atoms with E-state index in [0.29, 0.717) is 36.0 Å². The fourth-order valence-corrected chi connectivity index (χ4v) is 3.73. The van der Waals surface area contributed by atoms with Crippen LogP contribution in [0.1, 0.15) is 58.1 Å². The molecule has 0 atom stereocenters. The molecule has 7 nitrogen and oxygen atoms in total. The maximum absolute atomic E-state index is 11.8. The molecule has 0 unspecified atom stereocenters. The highest BCUT2D eigenvalue weighted by atomic mass is 32.2. The summed E-state index contributed by atoms with van der Waals surface area (Å²) in [5.74, 6) is 1.13. The second-order valence-corrected chi connectivity index (χ2v) is 9.10. The van der Waals surface area contributed by atoms with Gasteiger partial charge in [0.05, 0.1) is 22.4 Å². The van der Waals surface area contributed by atoms with Gasteiger partial charge in [0.15, 0.2) is 5.13 Å². The van der Waals surface area contributed by atoms with Crippen LogP contribution in [0.5, 0.6) is 0 Å². The Balaban J connectivity index is 1.76. The quantitative estimate of drug-likeness (QED) is 0.480. The molecule has 2 N–H and O–H groups in total. The largest absolute Gasteiger partial charge is 0.481 e. The van der Waals surface area contributed by atoms with E-state index in [1.165, 1.54) is 11.3 Å². The van der Waals surface area contributed by atoms with Crippen LogP contribution in [0.4, 0.5) is 5.13 Å². The van der Waals surface area contributed by atoms with Crippen molar-refractivity contribution < 1.29 is 19.1 Å². The van der Waals surface area contributed by atoms with Crippen LogP contribution >= 0.6 is 23.1 Å². The van der Waals surface area contributed by atoms with E-state index in [0.717, 1.165) is 9.97 Å². The predicted molar refractivity (Wildman–Crippen MR) is 102 cm³/mol. The van der Waals surface area contributed by atoms with Gasteiger partial charge >= 0.3 is 5.97 Å². The number of carboxylic acid groups (broad SMARTS) is 1. The summed E-state index contributed by atoms with van der Waals surface area (Å²) in [6.07, 6.45) is 4.89. The number of amides is 1. The molecular formula is C17H23N3O4S2. The molecule has 0 aliphatic heterocycles. The van der Waals surface area contributed by atoms with Crippen molar-refractivity contribution in [2.75, 3.05) is 5.32 Å². The van der Waals surface area contributed by atoms with Crippen LogP contribution in [-0.4, -0.2) is 27.0 Å². The van der Waals surface area contributed by atoms with E-state index in [1.54, 1.807) is 24.2 Å². The zero-order chi connectivity index (χ0) is 19.2. The van der Waals surface area contributed by atoms with Gasteiger partial charge < -0.3 is 14.8 Å². The maximum atomic E-state index is 11.8. The maximum Gasteiger partial charge on any atom is 0.303 e. The van der Waals surface area contributed by atoms with E-state index in [9.17, 15) is 9.59 Å². The van der Waals surface area contributed by atoms with Gasteiger partial charge in [-0.1, -0.05) is 32.1 Å². The Morgan fingerprint density at radius 3 is 2.62 bits per heavy atom. The van der Waals surface area contributed by atoms with Crippen LogP contribution in [0.3, 0.4) is 0 Å². The Kier molecular flexibility index (Phi) is 7.22. The molecule has 0 bridgehead atoms. The van der Waals surface area contributed by atoms with E-state index in [1.807, 2.05) is 0 Å². The minimum Gasteiger partial charge on any atom is -0.481 e. The Labute approximate surface area is 160 Å². The van der Waals surface area contributed by atoms with E-state index >= 15 is 0 Å². The Morgan fingerprint density at radius 2 is 1.96 bits per heavy atom. The molecule has 1 amide bonds. The number of hydrogen-bond acceptors (Lipinski definition) is 7. The van der Waals surface area contributed by atoms with Crippen LogP contribution in [0.2, 0.25) is 0 Å². The molecule has 0 saturated heterocycles. The number of carboxylic acids is 1. The standard InChI is InChI=1S/C17H23N3O4S2/c1-17(2,3)11-8-18-13(24-11)10-25-15-9-19-16(26-15)20-12(21)6-4-5-7-14(22)23/h8-9H,4-7,10H2,1-3H3,(H,22,23)(H,19,20,21). The third kappa shape index (κ3) is 6.80. The first-order valence-corrected chi connectivity index (χ1v) is 10.1. The number of hydrogen-bond donors (Lipinski definition) is 2. The van der Waals surface area contributed by atoms with Gasteiger partial charge in [-0.2, -0.15) is 0 Å². The zero-order valence-electron chi connectivity index (χ0n) is 15.1. The fraction of sp³-hybridized carbons (Fsp3) is 0.529. The SMILES string of the molecule is CC(C)(C)c1cnc(CSc2cnc(NC(=O)CCCCC(=O)O)s2)o1. The molecule has 142 valence electrons. The highest BCUT2D eigenvalue weighted by Gasteiger charge is 2.19. The first-order chi connectivity index (χ1) is 12.2. The summed E-state index contributed by atoms with van der Waals surface area (Å²) in [5, 5.41) is 11.8. The molecule has 9 heteroatoms. The molecular weight excluding hydrogens is 374 g/mol. The number of nitrogens with zero attached hydrogens (tertiary/aromatic N) is 2. The normalized spacial score (nSPS) is 11.5. The highest BCUT2D eigenvalue weighted by molar-refractivity contribution is 8.00.